The molecular formula is C14H19NO. The monoisotopic (exact) mass is 217 g/mol. The van der Waals surface area contributed by atoms with E-state index in [1.165, 1.54) is 24.8 Å². The van der Waals surface area contributed by atoms with Crippen molar-refractivity contribution in [1.82, 2.24) is 5.32 Å². The minimum absolute atomic E-state index is 0.393. The predicted octanol–water partition coefficient (Wildman–Crippen LogP) is 2.90. The second-order valence-electron chi connectivity index (χ2n) is 5.15. The molecule has 1 aliphatic heterocycles. The fourth-order valence-corrected chi connectivity index (χ4v) is 2.57. The first kappa shape index (κ1) is 10.2. The van der Waals surface area contributed by atoms with E-state index in [0.717, 1.165) is 18.3 Å². The maximum absolute atomic E-state index is 5.67. The molecule has 3 rings (SSSR count). The maximum Gasteiger partial charge on any atom is 0.124 e. The molecule has 0 bridgehead atoms. The van der Waals surface area contributed by atoms with E-state index in [1.807, 2.05) is 6.07 Å². The second kappa shape index (κ2) is 4.10. The highest BCUT2D eigenvalue weighted by Gasteiger charge is 2.28. The number of para-hydroxylation sites is 1. The summed E-state index contributed by atoms with van der Waals surface area (Å²) in [4.78, 5) is 0. The van der Waals surface area contributed by atoms with Gasteiger partial charge in [-0.05, 0) is 25.3 Å². The Labute approximate surface area is 97.0 Å². The fourth-order valence-electron chi connectivity index (χ4n) is 2.57. The van der Waals surface area contributed by atoms with Crippen LogP contribution in [0, 0.1) is 5.92 Å². The maximum atomic E-state index is 5.67. The standard InChI is InChI=1S/C14H19NO/c1-10(8-11-6-7-11)15-13-9-16-14-5-3-2-4-12(13)14/h2-5,10-11,13,15H,6-9H2,1H3. The molecule has 2 aliphatic rings. The zero-order chi connectivity index (χ0) is 11.0. The van der Waals surface area contributed by atoms with E-state index in [4.69, 9.17) is 4.74 Å². The van der Waals surface area contributed by atoms with Crippen LogP contribution in [0.15, 0.2) is 24.3 Å². The molecule has 1 aliphatic carbocycles. The number of benzene rings is 1. The Hall–Kier alpha value is -1.02. The first-order chi connectivity index (χ1) is 7.83. The van der Waals surface area contributed by atoms with E-state index >= 15 is 0 Å². The van der Waals surface area contributed by atoms with Crippen LogP contribution in [0.2, 0.25) is 0 Å². The van der Waals surface area contributed by atoms with Gasteiger partial charge < -0.3 is 10.1 Å². The lowest BCUT2D eigenvalue weighted by Gasteiger charge is -2.18. The van der Waals surface area contributed by atoms with Gasteiger partial charge in [0.15, 0.2) is 0 Å². The van der Waals surface area contributed by atoms with Crippen LogP contribution in [0.1, 0.15) is 37.8 Å². The zero-order valence-corrected chi connectivity index (χ0v) is 9.78. The topological polar surface area (TPSA) is 21.3 Å². The normalized spacial score (nSPS) is 24.9. The van der Waals surface area contributed by atoms with Crippen molar-refractivity contribution in [3.05, 3.63) is 29.8 Å². The van der Waals surface area contributed by atoms with Gasteiger partial charge in [0, 0.05) is 11.6 Å². The number of fused-ring (bicyclic) bond motifs is 1. The van der Waals surface area contributed by atoms with Gasteiger partial charge in [0.05, 0.1) is 6.04 Å². The van der Waals surface area contributed by atoms with Crippen LogP contribution in [0.5, 0.6) is 5.75 Å². The number of rotatable bonds is 4. The number of nitrogens with one attached hydrogen (secondary N) is 1. The summed E-state index contributed by atoms with van der Waals surface area (Å²) < 4.78 is 5.67. The zero-order valence-electron chi connectivity index (χ0n) is 9.78. The van der Waals surface area contributed by atoms with E-state index in [2.05, 4.69) is 30.4 Å². The average Bonchev–Trinajstić information content (AvgIpc) is 3.00. The van der Waals surface area contributed by atoms with Crippen LogP contribution in [0.3, 0.4) is 0 Å². The molecule has 1 saturated carbocycles. The molecule has 0 amide bonds. The second-order valence-corrected chi connectivity index (χ2v) is 5.15. The Kier molecular flexibility index (Phi) is 2.60. The van der Waals surface area contributed by atoms with Crippen molar-refractivity contribution in [2.24, 2.45) is 5.92 Å². The van der Waals surface area contributed by atoms with Crippen molar-refractivity contribution >= 4 is 0 Å². The third-order valence-electron chi connectivity index (χ3n) is 3.57. The van der Waals surface area contributed by atoms with E-state index in [-0.39, 0.29) is 0 Å². The molecule has 1 aromatic carbocycles. The minimum Gasteiger partial charge on any atom is -0.491 e. The lowest BCUT2D eigenvalue weighted by atomic mass is 10.1. The summed E-state index contributed by atoms with van der Waals surface area (Å²) >= 11 is 0. The SMILES string of the molecule is CC(CC1CC1)NC1COc2ccccc21. The fraction of sp³-hybridized carbons (Fsp3) is 0.571. The van der Waals surface area contributed by atoms with Gasteiger partial charge in [-0.3, -0.25) is 0 Å². The number of ether oxygens (including phenoxy) is 1. The van der Waals surface area contributed by atoms with E-state index in [9.17, 15) is 0 Å². The molecule has 1 heterocycles. The molecular weight excluding hydrogens is 198 g/mol. The van der Waals surface area contributed by atoms with Gasteiger partial charge in [-0.15, -0.1) is 0 Å². The Morgan fingerprint density at radius 3 is 3.00 bits per heavy atom. The Bertz CT molecular complexity index is 373. The van der Waals surface area contributed by atoms with Crippen molar-refractivity contribution in [3.8, 4) is 5.75 Å². The summed E-state index contributed by atoms with van der Waals surface area (Å²) in [5.74, 6) is 2.04. The molecule has 1 fully saturated rings. The van der Waals surface area contributed by atoms with Crippen molar-refractivity contribution in [3.63, 3.8) is 0 Å². The minimum atomic E-state index is 0.393. The largest absolute Gasteiger partial charge is 0.491 e. The Balaban J connectivity index is 1.63. The van der Waals surface area contributed by atoms with Crippen LogP contribution < -0.4 is 10.1 Å². The van der Waals surface area contributed by atoms with Gasteiger partial charge in [-0.2, -0.15) is 0 Å². The summed E-state index contributed by atoms with van der Waals surface area (Å²) in [6, 6.07) is 9.35. The number of hydrogen-bond acceptors (Lipinski definition) is 2. The first-order valence-corrected chi connectivity index (χ1v) is 6.30. The molecule has 0 radical (unpaired) electrons. The predicted molar refractivity (Wildman–Crippen MR) is 64.6 cm³/mol. The molecule has 16 heavy (non-hydrogen) atoms. The lowest BCUT2D eigenvalue weighted by molar-refractivity contribution is 0.295. The van der Waals surface area contributed by atoms with E-state index in [0.29, 0.717) is 12.1 Å². The first-order valence-electron chi connectivity index (χ1n) is 6.30. The van der Waals surface area contributed by atoms with Crippen molar-refractivity contribution in [2.45, 2.75) is 38.3 Å². The third-order valence-corrected chi connectivity index (χ3v) is 3.57. The lowest BCUT2D eigenvalue weighted by Crippen LogP contribution is -2.31. The molecule has 1 aromatic rings. The summed E-state index contributed by atoms with van der Waals surface area (Å²) in [5, 5.41) is 3.68. The van der Waals surface area contributed by atoms with Gasteiger partial charge in [-0.1, -0.05) is 31.0 Å². The van der Waals surface area contributed by atoms with Crippen LogP contribution >= 0.6 is 0 Å². The highest BCUT2D eigenvalue weighted by atomic mass is 16.5. The van der Waals surface area contributed by atoms with Crippen LogP contribution in [0.25, 0.3) is 0 Å². The van der Waals surface area contributed by atoms with Crippen molar-refractivity contribution in [1.29, 1.82) is 0 Å². The van der Waals surface area contributed by atoms with Crippen molar-refractivity contribution in [2.75, 3.05) is 6.61 Å². The molecule has 0 aromatic heterocycles. The molecule has 2 atom stereocenters. The summed E-state index contributed by atoms with van der Waals surface area (Å²) in [7, 11) is 0. The molecule has 2 nitrogen and oxygen atoms in total. The average molecular weight is 217 g/mol. The van der Waals surface area contributed by atoms with Gasteiger partial charge >= 0.3 is 0 Å². The summed E-state index contributed by atoms with van der Waals surface area (Å²) in [5.41, 5.74) is 1.32. The van der Waals surface area contributed by atoms with E-state index in [1.54, 1.807) is 0 Å². The van der Waals surface area contributed by atoms with E-state index < -0.39 is 0 Å². The number of hydrogen-bond donors (Lipinski definition) is 1. The van der Waals surface area contributed by atoms with Gasteiger partial charge in [0.2, 0.25) is 0 Å². The van der Waals surface area contributed by atoms with Gasteiger partial charge in [0.25, 0.3) is 0 Å². The summed E-state index contributed by atoms with van der Waals surface area (Å²) in [6.45, 7) is 3.08. The van der Waals surface area contributed by atoms with Crippen molar-refractivity contribution < 1.29 is 4.74 Å². The third kappa shape index (κ3) is 2.07. The van der Waals surface area contributed by atoms with Crippen LogP contribution in [0.4, 0.5) is 0 Å². The highest BCUT2D eigenvalue weighted by Crippen LogP contribution is 2.35. The summed E-state index contributed by atoms with van der Waals surface area (Å²) in [6.07, 6.45) is 4.19. The van der Waals surface area contributed by atoms with Crippen LogP contribution in [-0.4, -0.2) is 12.6 Å². The molecule has 1 N–H and O–H groups in total. The molecule has 2 unspecified atom stereocenters. The molecule has 2 heteroatoms. The van der Waals surface area contributed by atoms with Gasteiger partial charge in [0.1, 0.15) is 12.4 Å². The Morgan fingerprint density at radius 1 is 1.38 bits per heavy atom. The molecule has 0 saturated heterocycles. The Morgan fingerprint density at radius 2 is 2.19 bits per heavy atom. The molecule has 0 spiro atoms. The molecule has 86 valence electrons. The quantitative estimate of drug-likeness (QED) is 0.837. The van der Waals surface area contributed by atoms with Crippen LogP contribution in [-0.2, 0) is 0 Å². The van der Waals surface area contributed by atoms with Gasteiger partial charge in [-0.25, -0.2) is 0 Å². The smallest absolute Gasteiger partial charge is 0.124 e. The highest BCUT2D eigenvalue weighted by molar-refractivity contribution is 5.39.